The van der Waals surface area contributed by atoms with Crippen LogP contribution in [0.1, 0.15) is 40.0 Å². The first-order chi connectivity index (χ1) is 8.99. The van der Waals surface area contributed by atoms with E-state index < -0.39 is 0 Å². The van der Waals surface area contributed by atoms with Crippen LogP contribution >= 0.6 is 0 Å². The first-order valence-electron chi connectivity index (χ1n) is 7.32. The predicted molar refractivity (Wildman–Crippen MR) is 77.0 cm³/mol. The quantitative estimate of drug-likeness (QED) is 0.716. The second kappa shape index (κ2) is 7.82. The molecular weight excluding hydrogens is 242 g/mol. The van der Waals surface area contributed by atoms with Crippen molar-refractivity contribution in [3.05, 3.63) is 0 Å². The zero-order valence-corrected chi connectivity index (χ0v) is 12.6. The minimum Gasteiger partial charge on any atom is -0.381 e. The Morgan fingerprint density at radius 2 is 2.05 bits per heavy atom. The molecular formula is C14H29N3O2. The van der Waals surface area contributed by atoms with Crippen molar-refractivity contribution in [3.63, 3.8) is 0 Å². The molecule has 5 heteroatoms. The van der Waals surface area contributed by atoms with Crippen molar-refractivity contribution in [2.24, 2.45) is 5.73 Å². The highest BCUT2D eigenvalue weighted by molar-refractivity contribution is 5.78. The van der Waals surface area contributed by atoms with Crippen LogP contribution in [0.25, 0.3) is 0 Å². The molecule has 1 rings (SSSR count). The van der Waals surface area contributed by atoms with Crippen LogP contribution in [0.4, 0.5) is 0 Å². The summed E-state index contributed by atoms with van der Waals surface area (Å²) in [5.41, 5.74) is 5.67. The number of nitrogens with zero attached hydrogens (tertiary/aromatic N) is 1. The van der Waals surface area contributed by atoms with E-state index in [4.69, 9.17) is 10.5 Å². The van der Waals surface area contributed by atoms with Gasteiger partial charge in [0.2, 0.25) is 5.91 Å². The maximum atomic E-state index is 12.1. The van der Waals surface area contributed by atoms with E-state index in [1.165, 1.54) is 0 Å². The van der Waals surface area contributed by atoms with Crippen LogP contribution in [0.2, 0.25) is 0 Å². The molecule has 1 saturated heterocycles. The number of amides is 1. The Hall–Kier alpha value is -0.650. The highest BCUT2D eigenvalue weighted by Crippen LogP contribution is 2.13. The lowest BCUT2D eigenvalue weighted by Crippen LogP contribution is -2.54. The summed E-state index contributed by atoms with van der Waals surface area (Å²) in [6.45, 7) is 9.67. The molecule has 1 amide bonds. The summed E-state index contributed by atoms with van der Waals surface area (Å²) in [7, 11) is 0. The van der Waals surface area contributed by atoms with Crippen molar-refractivity contribution in [1.82, 2.24) is 10.2 Å². The van der Waals surface area contributed by atoms with Gasteiger partial charge in [0.1, 0.15) is 0 Å². The Morgan fingerprint density at radius 1 is 1.42 bits per heavy atom. The number of nitrogens with two attached hydrogens (primary N) is 1. The van der Waals surface area contributed by atoms with E-state index in [1.54, 1.807) is 0 Å². The number of rotatable bonds is 7. The van der Waals surface area contributed by atoms with Crippen molar-refractivity contribution < 1.29 is 9.53 Å². The topological polar surface area (TPSA) is 67.6 Å². The maximum absolute atomic E-state index is 12.1. The molecule has 1 heterocycles. The van der Waals surface area contributed by atoms with Crippen LogP contribution in [0.15, 0.2) is 0 Å². The van der Waals surface area contributed by atoms with E-state index in [2.05, 4.69) is 31.0 Å². The van der Waals surface area contributed by atoms with Crippen molar-refractivity contribution in [1.29, 1.82) is 0 Å². The smallest absolute Gasteiger partial charge is 0.234 e. The predicted octanol–water partition coefficient (Wildman–Crippen LogP) is 0.731. The Labute approximate surface area is 116 Å². The van der Waals surface area contributed by atoms with Crippen molar-refractivity contribution in [3.8, 4) is 0 Å². The molecule has 0 saturated carbocycles. The highest BCUT2D eigenvalue weighted by atomic mass is 16.5. The third-order valence-corrected chi connectivity index (χ3v) is 3.77. The van der Waals surface area contributed by atoms with Gasteiger partial charge >= 0.3 is 0 Å². The number of hydrogen-bond donors (Lipinski definition) is 2. The lowest BCUT2D eigenvalue weighted by molar-refractivity contribution is -0.124. The van der Waals surface area contributed by atoms with E-state index in [-0.39, 0.29) is 17.5 Å². The first kappa shape index (κ1) is 16.4. The number of carbonyl (C=O) groups is 1. The number of hydrogen-bond acceptors (Lipinski definition) is 4. The van der Waals surface area contributed by atoms with E-state index >= 15 is 0 Å². The highest BCUT2D eigenvalue weighted by Gasteiger charge is 2.27. The molecule has 0 spiro atoms. The normalized spacial score (nSPS) is 17.7. The second-order valence-electron chi connectivity index (χ2n) is 5.89. The van der Waals surface area contributed by atoms with Crippen LogP contribution < -0.4 is 11.1 Å². The molecule has 3 N–H and O–H groups in total. The van der Waals surface area contributed by atoms with Crippen molar-refractivity contribution >= 4 is 5.91 Å². The van der Waals surface area contributed by atoms with Gasteiger partial charge in [0.25, 0.3) is 0 Å². The molecule has 0 aromatic heterocycles. The van der Waals surface area contributed by atoms with Gasteiger partial charge in [0, 0.05) is 31.3 Å². The van der Waals surface area contributed by atoms with Gasteiger partial charge in [0.15, 0.2) is 0 Å². The van der Waals surface area contributed by atoms with Gasteiger partial charge in [0.05, 0.1) is 6.54 Å². The summed E-state index contributed by atoms with van der Waals surface area (Å²) in [6.07, 6.45) is 2.85. The molecule has 0 bridgehead atoms. The molecule has 0 aliphatic carbocycles. The molecule has 5 nitrogen and oxygen atoms in total. The van der Waals surface area contributed by atoms with Gasteiger partial charge in [-0.05, 0) is 39.7 Å². The molecule has 0 atom stereocenters. The fourth-order valence-electron chi connectivity index (χ4n) is 2.28. The van der Waals surface area contributed by atoms with E-state index in [0.29, 0.717) is 13.1 Å². The molecule has 0 aromatic rings. The van der Waals surface area contributed by atoms with Gasteiger partial charge < -0.3 is 15.8 Å². The summed E-state index contributed by atoms with van der Waals surface area (Å²) in [6, 6.07) is 0.269. The van der Waals surface area contributed by atoms with Gasteiger partial charge in [-0.3, -0.25) is 9.69 Å². The molecule has 112 valence electrons. The average molecular weight is 271 g/mol. The molecule has 1 aliphatic rings. The molecule has 1 aliphatic heterocycles. The number of carbonyl (C=O) groups excluding carboxylic acids is 1. The monoisotopic (exact) mass is 271 g/mol. The molecule has 0 aromatic carbocycles. The van der Waals surface area contributed by atoms with E-state index in [0.717, 1.165) is 39.0 Å². The fourth-order valence-corrected chi connectivity index (χ4v) is 2.28. The zero-order valence-electron chi connectivity index (χ0n) is 12.6. The summed E-state index contributed by atoms with van der Waals surface area (Å²) < 4.78 is 5.29. The first-order valence-corrected chi connectivity index (χ1v) is 7.32. The largest absolute Gasteiger partial charge is 0.381 e. The Bertz CT molecular complexity index is 276. The van der Waals surface area contributed by atoms with Gasteiger partial charge in [-0.1, -0.05) is 6.92 Å². The maximum Gasteiger partial charge on any atom is 0.234 e. The average Bonchev–Trinajstić information content (AvgIpc) is 2.39. The second-order valence-corrected chi connectivity index (χ2v) is 5.89. The Kier molecular flexibility index (Phi) is 6.75. The van der Waals surface area contributed by atoms with Crippen LogP contribution in [0.5, 0.6) is 0 Å². The molecule has 1 fully saturated rings. The van der Waals surface area contributed by atoms with Crippen LogP contribution in [0, 0.1) is 0 Å². The summed E-state index contributed by atoms with van der Waals surface area (Å²) in [5.74, 6) is 0.0990. The van der Waals surface area contributed by atoms with Crippen LogP contribution in [-0.4, -0.2) is 55.2 Å². The van der Waals surface area contributed by atoms with Gasteiger partial charge in [-0.25, -0.2) is 0 Å². The Morgan fingerprint density at radius 3 is 2.58 bits per heavy atom. The van der Waals surface area contributed by atoms with Crippen LogP contribution in [0.3, 0.4) is 0 Å². The third kappa shape index (κ3) is 5.47. The van der Waals surface area contributed by atoms with Crippen molar-refractivity contribution in [2.45, 2.75) is 51.6 Å². The van der Waals surface area contributed by atoms with E-state index in [1.807, 2.05) is 0 Å². The van der Waals surface area contributed by atoms with Gasteiger partial charge in [-0.2, -0.15) is 0 Å². The number of nitrogens with one attached hydrogen (secondary N) is 1. The Balaban J connectivity index is 2.46. The molecule has 19 heavy (non-hydrogen) atoms. The zero-order chi connectivity index (χ0) is 14.3. The minimum atomic E-state index is -0.136. The summed E-state index contributed by atoms with van der Waals surface area (Å²) in [4.78, 5) is 14.3. The number of ether oxygens (including phenoxy) is 1. The molecule has 0 unspecified atom stereocenters. The third-order valence-electron chi connectivity index (χ3n) is 3.77. The summed E-state index contributed by atoms with van der Waals surface area (Å²) >= 11 is 0. The standard InChI is InChI=1S/C14H29N3O2/c1-4-7-17(14(2,3)11-15)10-13(18)16-12-5-8-19-9-6-12/h12H,4-11,15H2,1-3H3,(H,16,18). The van der Waals surface area contributed by atoms with Gasteiger partial charge in [-0.15, -0.1) is 0 Å². The summed E-state index contributed by atoms with van der Waals surface area (Å²) in [5, 5.41) is 3.10. The lowest BCUT2D eigenvalue weighted by Gasteiger charge is -2.37. The lowest BCUT2D eigenvalue weighted by atomic mass is 10.0. The van der Waals surface area contributed by atoms with Crippen LogP contribution in [-0.2, 0) is 9.53 Å². The fraction of sp³-hybridized carbons (Fsp3) is 0.929. The minimum absolute atomic E-state index is 0.0990. The van der Waals surface area contributed by atoms with E-state index in [9.17, 15) is 4.79 Å². The SMILES string of the molecule is CCCN(CC(=O)NC1CCOCC1)C(C)(C)CN. The van der Waals surface area contributed by atoms with Crippen molar-refractivity contribution in [2.75, 3.05) is 32.8 Å². The molecule has 0 radical (unpaired) electrons.